The molecule has 0 amide bonds. The Morgan fingerprint density at radius 1 is 1.11 bits per heavy atom. The minimum atomic E-state index is -0.953. The van der Waals surface area contributed by atoms with Crippen molar-refractivity contribution in [2.24, 2.45) is 5.41 Å². The number of halogens is 3. The lowest BCUT2D eigenvalue weighted by Gasteiger charge is -2.21. The van der Waals surface area contributed by atoms with Gasteiger partial charge in [0.2, 0.25) is 0 Å². The van der Waals surface area contributed by atoms with Gasteiger partial charge in [0.1, 0.15) is 0 Å². The molecule has 0 bridgehead atoms. The molecule has 0 aromatic heterocycles. The number of hydrogen-bond acceptors (Lipinski definition) is 2. The molecule has 0 heterocycles. The Morgan fingerprint density at radius 3 is 2.00 bits per heavy atom. The Morgan fingerprint density at radius 2 is 1.58 bits per heavy atom. The van der Waals surface area contributed by atoms with E-state index in [1.165, 1.54) is 12.1 Å². The van der Waals surface area contributed by atoms with E-state index in [1.54, 1.807) is 13.8 Å². The maximum absolute atomic E-state index is 12.2. The Bertz CT molecular complexity index is 501. The van der Waals surface area contributed by atoms with E-state index in [2.05, 4.69) is 0 Å². The van der Waals surface area contributed by atoms with Gasteiger partial charge in [0.15, 0.2) is 5.78 Å². The van der Waals surface area contributed by atoms with Crippen LogP contribution in [0.5, 0.6) is 0 Å². The molecular formula is C13H13Cl3O3. The summed E-state index contributed by atoms with van der Waals surface area (Å²) in [5.41, 5.74) is -0.485. The standard InChI is InChI=1S/C13H13Cl3O3/c1-13(2,6-11(18)19)5-10(17)12-8(15)3-7(14)4-9(12)16/h3-4H,5-6H2,1-2H3,(H,18,19). The van der Waals surface area contributed by atoms with Gasteiger partial charge in [-0.15, -0.1) is 0 Å². The van der Waals surface area contributed by atoms with Gasteiger partial charge in [0.05, 0.1) is 22.0 Å². The normalized spacial score (nSPS) is 11.4. The lowest BCUT2D eigenvalue weighted by Crippen LogP contribution is -2.21. The van der Waals surface area contributed by atoms with Crippen LogP contribution in [0.4, 0.5) is 0 Å². The third-order valence-corrected chi connectivity index (χ3v) is 3.37. The summed E-state index contributed by atoms with van der Waals surface area (Å²) in [4.78, 5) is 22.9. The molecule has 0 radical (unpaired) electrons. The zero-order valence-electron chi connectivity index (χ0n) is 10.5. The molecule has 104 valence electrons. The zero-order chi connectivity index (χ0) is 14.8. The number of Topliss-reactive ketones (excluding diaryl/α,β-unsaturated/α-hetero) is 1. The van der Waals surface area contributed by atoms with Crippen LogP contribution in [0.2, 0.25) is 15.1 Å². The summed E-state index contributed by atoms with van der Waals surface area (Å²) >= 11 is 17.7. The second-order valence-electron chi connectivity index (χ2n) is 5.08. The Kier molecular flexibility index (Phi) is 5.25. The summed E-state index contributed by atoms with van der Waals surface area (Å²) < 4.78 is 0. The summed E-state index contributed by atoms with van der Waals surface area (Å²) in [5, 5.41) is 9.49. The molecule has 3 nitrogen and oxygen atoms in total. The molecule has 0 fully saturated rings. The maximum atomic E-state index is 12.2. The van der Waals surface area contributed by atoms with E-state index < -0.39 is 11.4 Å². The van der Waals surface area contributed by atoms with Gasteiger partial charge in [0, 0.05) is 11.4 Å². The Hall–Kier alpha value is -0.770. The summed E-state index contributed by atoms with van der Waals surface area (Å²) in [5.74, 6) is -1.25. The van der Waals surface area contributed by atoms with Crippen LogP contribution >= 0.6 is 34.8 Å². The fraction of sp³-hybridized carbons (Fsp3) is 0.385. The molecule has 0 aliphatic heterocycles. The van der Waals surface area contributed by atoms with Crippen LogP contribution in [0.15, 0.2) is 12.1 Å². The number of carbonyl (C=O) groups excluding carboxylic acids is 1. The van der Waals surface area contributed by atoms with E-state index in [4.69, 9.17) is 39.9 Å². The van der Waals surface area contributed by atoms with Crippen molar-refractivity contribution in [3.8, 4) is 0 Å². The lowest BCUT2D eigenvalue weighted by molar-refractivity contribution is -0.139. The van der Waals surface area contributed by atoms with Crippen LogP contribution in [-0.4, -0.2) is 16.9 Å². The van der Waals surface area contributed by atoms with E-state index in [9.17, 15) is 9.59 Å². The third kappa shape index (κ3) is 4.68. The van der Waals surface area contributed by atoms with Crippen molar-refractivity contribution in [2.75, 3.05) is 0 Å². The third-order valence-electron chi connectivity index (χ3n) is 2.55. The highest BCUT2D eigenvalue weighted by Gasteiger charge is 2.27. The van der Waals surface area contributed by atoms with Crippen LogP contribution in [0.25, 0.3) is 0 Å². The Labute approximate surface area is 126 Å². The van der Waals surface area contributed by atoms with Crippen molar-refractivity contribution < 1.29 is 14.7 Å². The highest BCUT2D eigenvalue weighted by Crippen LogP contribution is 2.34. The van der Waals surface area contributed by atoms with Gasteiger partial charge in [-0.3, -0.25) is 9.59 Å². The first-order valence-electron chi connectivity index (χ1n) is 5.52. The average Bonchev–Trinajstić information content (AvgIpc) is 2.10. The number of carbonyl (C=O) groups is 2. The minimum absolute atomic E-state index is 0.0420. The number of ketones is 1. The molecule has 0 atom stereocenters. The number of benzene rings is 1. The van der Waals surface area contributed by atoms with Crippen LogP contribution in [0.1, 0.15) is 37.0 Å². The van der Waals surface area contributed by atoms with E-state index in [0.717, 1.165) is 0 Å². The molecule has 0 aliphatic rings. The summed E-state index contributed by atoms with van der Waals surface area (Å²) in [6, 6.07) is 2.87. The monoisotopic (exact) mass is 322 g/mol. The maximum Gasteiger partial charge on any atom is 0.303 e. The summed E-state index contributed by atoms with van der Waals surface area (Å²) in [6.07, 6.45) is -0.0675. The first kappa shape index (κ1) is 16.3. The van der Waals surface area contributed by atoms with Gasteiger partial charge < -0.3 is 5.11 Å². The fourth-order valence-corrected chi connectivity index (χ4v) is 2.83. The zero-order valence-corrected chi connectivity index (χ0v) is 12.7. The van der Waals surface area contributed by atoms with Gasteiger partial charge in [-0.25, -0.2) is 0 Å². The second kappa shape index (κ2) is 6.12. The first-order chi connectivity index (χ1) is 8.62. The van der Waals surface area contributed by atoms with Gasteiger partial charge in [-0.05, 0) is 17.5 Å². The quantitative estimate of drug-likeness (QED) is 0.798. The molecule has 0 spiro atoms. The molecule has 0 saturated carbocycles. The smallest absolute Gasteiger partial charge is 0.303 e. The Balaban J connectivity index is 2.99. The van der Waals surface area contributed by atoms with Crippen LogP contribution in [0, 0.1) is 5.41 Å². The van der Waals surface area contributed by atoms with Crippen molar-refractivity contribution in [1.29, 1.82) is 0 Å². The predicted octanol–water partition coefficient (Wildman–Crippen LogP) is 4.72. The van der Waals surface area contributed by atoms with Crippen molar-refractivity contribution in [3.63, 3.8) is 0 Å². The van der Waals surface area contributed by atoms with E-state index >= 15 is 0 Å². The van der Waals surface area contributed by atoms with Crippen molar-refractivity contribution in [2.45, 2.75) is 26.7 Å². The van der Waals surface area contributed by atoms with Gasteiger partial charge in [0.25, 0.3) is 0 Å². The van der Waals surface area contributed by atoms with Crippen LogP contribution in [0.3, 0.4) is 0 Å². The van der Waals surface area contributed by atoms with Crippen molar-refractivity contribution in [3.05, 3.63) is 32.8 Å². The van der Waals surface area contributed by atoms with E-state index in [1.807, 2.05) is 0 Å². The predicted molar refractivity (Wildman–Crippen MR) is 76.5 cm³/mol. The molecule has 0 aliphatic carbocycles. The van der Waals surface area contributed by atoms with Crippen molar-refractivity contribution in [1.82, 2.24) is 0 Å². The molecule has 19 heavy (non-hydrogen) atoms. The molecule has 1 aromatic rings. The van der Waals surface area contributed by atoms with E-state index in [-0.39, 0.29) is 34.2 Å². The van der Waals surface area contributed by atoms with Gasteiger partial charge in [-0.2, -0.15) is 0 Å². The van der Waals surface area contributed by atoms with Crippen LogP contribution in [-0.2, 0) is 4.79 Å². The number of carboxylic acids is 1. The number of carboxylic acid groups (broad SMARTS) is 1. The largest absolute Gasteiger partial charge is 0.481 e. The van der Waals surface area contributed by atoms with E-state index in [0.29, 0.717) is 5.02 Å². The molecule has 1 N–H and O–H groups in total. The molecule has 1 aromatic carbocycles. The van der Waals surface area contributed by atoms with Crippen LogP contribution < -0.4 is 0 Å². The molecule has 0 unspecified atom stereocenters. The average molecular weight is 324 g/mol. The highest BCUT2D eigenvalue weighted by atomic mass is 35.5. The van der Waals surface area contributed by atoms with Gasteiger partial charge >= 0.3 is 5.97 Å². The molecule has 6 heteroatoms. The lowest BCUT2D eigenvalue weighted by atomic mass is 9.82. The van der Waals surface area contributed by atoms with Crippen molar-refractivity contribution >= 4 is 46.6 Å². The van der Waals surface area contributed by atoms with Gasteiger partial charge in [-0.1, -0.05) is 48.7 Å². The minimum Gasteiger partial charge on any atom is -0.481 e. The fourth-order valence-electron chi connectivity index (χ4n) is 1.80. The highest BCUT2D eigenvalue weighted by molar-refractivity contribution is 6.42. The summed E-state index contributed by atoms with van der Waals surface area (Å²) in [6.45, 7) is 3.41. The number of aliphatic carboxylic acids is 1. The molecule has 1 rings (SSSR count). The number of hydrogen-bond donors (Lipinski definition) is 1. The first-order valence-corrected chi connectivity index (χ1v) is 6.65. The SMILES string of the molecule is CC(C)(CC(=O)O)CC(=O)c1c(Cl)cc(Cl)cc1Cl. The summed E-state index contributed by atoms with van der Waals surface area (Å²) in [7, 11) is 0. The second-order valence-corrected chi connectivity index (χ2v) is 6.33. The number of rotatable bonds is 5. The molecular weight excluding hydrogens is 310 g/mol. The topological polar surface area (TPSA) is 54.4 Å². The molecule has 0 saturated heterocycles.